The van der Waals surface area contributed by atoms with E-state index >= 15 is 0 Å². The third-order valence-corrected chi connectivity index (χ3v) is 11.4. The maximum absolute atomic E-state index is 3.30. The molecule has 4 heteroatoms. The van der Waals surface area contributed by atoms with Gasteiger partial charge in [0.1, 0.15) is 0 Å². The van der Waals surface area contributed by atoms with Crippen molar-refractivity contribution in [1.82, 2.24) is 4.90 Å². The standard InChI is InChI=1S/C49H55N3S/c1-36-32-45(50-2)26-28-47(36)39(21-20-37-14-9-7-10-15-37)22-23-40-18-13-19-41(49(40)53-31-30-51(3)4)24-25-42-33-43(38-16-11-8-12-17-38)34-44-35-46(52(5)6)27-29-48(42)44/h7-12,14-17,21-29,32-33,35,50H,13,18-20,30-31,34H2,1-6H3/b23-22+,39-21-,41-24+,42-25+. The topological polar surface area (TPSA) is 18.5 Å². The lowest BCUT2D eigenvalue weighted by atomic mass is 9.84. The Bertz CT molecular complexity index is 2060. The third-order valence-electron chi connectivity index (χ3n) is 10.2. The van der Waals surface area contributed by atoms with Gasteiger partial charge in [0.05, 0.1) is 0 Å². The maximum atomic E-state index is 3.30. The number of benzene rings is 4. The minimum Gasteiger partial charge on any atom is -0.388 e. The lowest BCUT2D eigenvalue weighted by molar-refractivity contribution is 0.437. The molecule has 0 fully saturated rings. The van der Waals surface area contributed by atoms with Gasteiger partial charge in [-0.1, -0.05) is 109 Å². The molecule has 0 spiro atoms. The van der Waals surface area contributed by atoms with Crippen molar-refractivity contribution >= 4 is 39.9 Å². The van der Waals surface area contributed by atoms with Crippen LogP contribution in [0.25, 0.3) is 16.7 Å². The summed E-state index contributed by atoms with van der Waals surface area (Å²) >= 11 is 2.02. The predicted molar refractivity (Wildman–Crippen MR) is 235 cm³/mol. The molecular formula is C49H55N3S. The Hall–Kier alpha value is -4.77. The number of anilines is 2. The molecule has 0 aliphatic heterocycles. The van der Waals surface area contributed by atoms with Crippen LogP contribution in [0, 0.1) is 6.92 Å². The molecule has 4 aromatic carbocycles. The summed E-state index contributed by atoms with van der Waals surface area (Å²) in [4.78, 5) is 5.93. The molecular weight excluding hydrogens is 663 g/mol. The molecule has 0 amide bonds. The van der Waals surface area contributed by atoms with Gasteiger partial charge in [-0.25, -0.2) is 0 Å². The van der Waals surface area contributed by atoms with Crippen LogP contribution >= 0.6 is 11.8 Å². The Morgan fingerprint density at radius 3 is 2.34 bits per heavy atom. The van der Waals surface area contributed by atoms with E-state index in [4.69, 9.17) is 0 Å². The van der Waals surface area contributed by atoms with Gasteiger partial charge in [0, 0.05) is 49.7 Å². The highest BCUT2D eigenvalue weighted by Crippen LogP contribution is 2.40. The van der Waals surface area contributed by atoms with E-state index in [0.29, 0.717) is 0 Å². The molecule has 0 unspecified atom stereocenters. The number of nitrogens with one attached hydrogen (secondary N) is 1. The molecule has 1 N–H and O–H groups in total. The van der Waals surface area contributed by atoms with Gasteiger partial charge in [-0.05, 0) is 139 Å². The lowest BCUT2D eigenvalue weighted by Gasteiger charge is -2.24. The molecule has 53 heavy (non-hydrogen) atoms. The van der Waals surface area contributed by atoms with Gasteiger partial charge in [-0.3, -0.25) is 0 Å². The van der Waals surface area contributed by atoms with Crippen LogP contribution in [0.4, 0.5) is 11.4 Å². The van der Waals surface area contributed by atoms with Gasteiger partial charge in [0.25, 0.3) is 0 Å². The minimum absolute atomic E-state index is 0.895. The second-order valence-corrected chi connectivity index (χ2v) is 15.7. The Balaban J connectivity index is 1.41. The highest BCUT2D eigenvalue weighted by atomic mass is 32.2. The predicted octanol–water partition coefficient (Wildman–Crippen LogP) is 11.7. The summed E-state index contributed by atoms with van der Waals surface area (Å²) in [6, 6.07) is 35.3. The van der Waals surface area contributed by atoms with Crippen molar-refractivity contribution in [2.45, 2.75) is 39.0 Å². The molecule has 4 aromatic rings. The van der Waals surface area contributed by atoms with Gasteiger partial charge >= 0.3 is 0 Å². The van der Waals surface area contributed by atoms with E-state index in [9.17, 15) is 0 Å². The van der Waals surface area contributed by atoms with Gasteiger partial charge in [0.15, 0.2) is 0 Å². The summed E-state index contributed by atoms with van der Waals surface area (Å²) in [6.07, 6.45) is 19.6. The lowest BCUT2D eigenvalue weighted by Crippen LogP contribution is -2.15. The van der Waals surface area contributed by atoms with Crippen molar-refractivity contribution in [3.05, 3.63) is 183 Å². The first-order valence-corrected chi connectivity index (χ1v) is 20.0. The fourth-order valence-corrected chi connectivity index (χ4v) is 8.52. The van der Waals surface area contributed by atoms with Gasteiger partial charge in [0.2, 0.25) is 0 Å². The number of nitrogens with zero attached hydrogens (tertiary/aromatic N) is 2. The van der Waals surface area contributed by atoms with Crippen molar-refractivity contribution in [3.8, 4) is 0 Å². The fraction of sp³-hybridized carbons (Fsp3) is 0.265. The van der Waals surface area contributed by atoms with Crippen LogP contribution in [0.15, 0.2) is 150 Å². The van der Waals surface area contributed by atoms with Crippen LogP contribution in [0.1, 0.15) is 52.6 Å². The van der Waals surface area contributed by atoms with E-state index < -0.39 is 0 Å². The fourth-order valence-electron chi connectivity index (χ4n) is 7.15. The maximum Gasteiger partial charge on any atom is 0.0364 e. The quantitative estimate of drug-likeness (QED) is 0.139. The Labute approximate surface area is 323 Å². The van der Waals surface area contributed by atoms with Crippen molar-refractivity contribution < 1.29 is 0 Å². The number of hydrogen-bond donors (Lipinski definition) is 1. The van der Waals surface area contributed by atoms with Crippen LogP contribution in [0.3, 0.4) is 0 Å². The first-order chi connectivity index (χ1) is 25.8. The molecule has 0 saturated heterocycles. The van der Waals surface area contributed by atoms with Crippen molar-refractivity contribution in [1.29, 1.82) is 0 Å². The molecule has 0 saturated carbocycles. The van der Waals surface area contributed by atoms with Crippen LogP contribution < -0.4 is 10.2 Å². The minimum atomic E-state index is 0.895. The molecule has 0 radical (unpaired) electrons. The summed E-state index contributed by atoms with van der Waals surface area (Å²) in [5, 5.41) is 3.30. The molecule has 0 heterocycles. The SMILES string of the molecule is CNc1ccc(C(=C\Cc2ccccc2)/C=C/C2=C(SCCN(C)C)C(=C/C=C3\C=C(c4ccccc4)Cc4cc(N(C)C)ccc43)/CCC2)c(C)c1. The number of allylic oxidation sites excluding steroid dienone is 11. The summed E-state index contributed by atoms with van der Waals surface area (Å²) in [7, 11) is 10.6. The van der Waals surface area contributed by atoms with Gasteiger partial charge < -0.3 is 15.1 Å². The number of fused-ring (bicyclic) bond motifs is 1. The zero-order valence-electron chi connectivity index (χ0n) is 32.5. The van der Waals surface area contributed by atoms with Crippen LogP contribution in [-0.2, 0) is 12.8 Å². The first-order valence-electron chi connectivity index (χ1n) is 19.0. The van der Waals surface area contributed by atoms with E-state index in [1.54, 1.807) is 0 Å². The van der Waals surface area contributed by atoms with E-state index in [2.05, 4.69) is 184 Å². The summed E-state index contributed by atoms with van der Waals surface area (Å²) in [6.45, 7) is 3.27. The molecule has 0 bridgehead atoms. The molecule has 3 nitrogen and oxygen atoms in total. The second-order valence-electron chi connectivity index (χ2n) is 14.6. The summed E-state index contributed by atoms with van der Waals surface area (Å²) < 4.78 is 0. The highest BCUT2D eigenvalue weighted by molar-refractivity contribution is 8.03. The number of aryl methyl sites for hydroxylation is 1. The van der Waals surface area contributed by atoms with Crippen molar-refractivity contribution in [3.63, 3.8) is 0 Å². The Morgan fingerprint density at radius 2 is 1.62 bits per heavy atom. The smallest absolute Gasteiger partial charge is 0.0364 e. The number of rotatable bonds is 13. The van der Waals surface area contributed by atoms with Crippen LogP contribution in [0.5, 0.6) is 0 Å². The number of thioether (sulfide) groups is 1. The number of hydrogen-bond acceptors (Lipinski definition) is 4. The zero-order chi connectivity index (χ0) is 37.2. The average molecular weight is 718 g/mol. The largest absolute Gasteiger partial charge is 0.388 e. The molecule has 6 rings (SSSR count). The Kier molecular flexibility index (Phi) is 13.1. The van der Waals surface area contributed by atoms with E-state index in [0.717, 1.165) is 50.1 Å². The van der Waals surface area contributed by atoms with Gasteiger partial charge in [-0.15, -0.1) is 11.8 Å². The van der Waals surface area contributed by atoms with E-state index in [1.165, 1.54) is 71.8 Å². The van der Waals surface area contributed by atoms with Crippen molar-refractivity contribution in [2.24, 2.45) is 0 Å². The molecule has 272 valence electrons. The van der Waals surface area contributed by atoms with E-state index in [-0.39, 0.29) is 0 Å². The monoisotopic (exact) mass is 717 g/mol. The highest BCUT2D eigenvalue weighted by Gasteiger charge is 2.20. The Morgan fingerprint density at radius 1 is 0.849 bits per heavy atom. The first kappa shape index (κ1) is 38.0. The average Bonchev–Trinajstić information content (AvgIpc) is 3.18. The third kappa shape index (κ3) is 10.0. The zero-order valence-corrected chi connectivity index (χ0v) is 33.3. The molecule has 0 atom stereocenters. The van der Waals surface area contributed by atoms with Gasteiger partial charge in [-0.2, -0.15) is 0 Å². The van der Waals surface area contributed by atoms with E-state index in [1.807, 2.05) is 18.8 Å². The summed E-state index contributed by atoms with van der Waals surface area (Å²) in [5.74, 6) is 1.06. The van der Waals surface area contributed by atoms with Crippen molar-refractivity contribution in [2.75, 3.05) is 57.8 Å². The molecule has 2 aliphatic rings. The normalized spacial score (nSPS) is 16.4. The van der Waals surface area contributed by atoms with Crippen LogP contribution in [0.2, 0.25) is 0 Å². The molecule has 2 aliphatic carbocycles. The second kappa shape index (κ2) is 18.3. The van der Waals surface area contributed by atoms with Crippen LogP contribution in [-0.4, -0.2) is 52.4 Å². The molecule has 0 aromatic heterocycles. The summed E-state index contributed by atoms with van der Waals surface area (Å²) in [5.41, 5.74) is 17.1.